The molecule has 1 atom stereocenters. The number of rotatable bonds is 2. The lowest BCUT2D eigenvalue weighted by Crippen LogP contribution is -2.35. The van der Waals surface area contributed by atoms with Crippen molar-refractivity contribution < 1.29 is 14.3 Å². The van der Waals surface area contributed by atoms with Gasteiger partial charge in [0.2, 0.25) is 0 Å². The highest BCUT2D eigenvalue weighted by atomic mass is 19.1. The normalized spacial score (nSPS) is 20.7. The van der Waals surface area contributed by atoms with E-state index in [1.807, 2.05) is 18.2 Å². The number of anilines is 1. The van der Waals surface area contributed by atoms with Crippen LogP contribution in [-0.4, -0.2) is 28.7 Å². The quantitative estimate of drug-likeness (QED) is 0.566. The minimum atomic E-state index is -0.912. The first-order chi connectivity index (χ1) is 15.5. The van der Waals surface area contributed by atoms with Crippen LogP contribution in [0.3, 0.4) is 0 Å². The van der Waals surface area contributed by atoms with Crippen molar-refractivity contribution >= 4 is 22.6 Å². The molecule has 32 heavy (non-hydrogen) atoms. The standard InChI is InChI=1S/C26H28FN3O2/c27-19-9-8-18-24-23(19)20(28)10-11-29(24)12-13-30-21-14-16(26(31)32)6-7-17(21)22(25(18)30)15-4-2-1-3-5-15/h6-9,14-15,20H,1-5,10-13,28H2,(H,31,32). The van der Waals surface area contributed by atoms with Gasteiger partial charge in [0.25, 0.3) is 0 Å². The Bertz CT molecular complexity index is 1240. The zero-order valence-corrected chi connectivity index (χ0v) is 18.1. The van der Waals surface area contributed by atoms with Crippen LogP contribution in [0.5, 0.6) is 0 Å². The second-order valence-corrected chi connectivity index (χ2v) is 9.53. The van der Waals surface area contributed by atoms with Crippen molar-refractivity contribution in [2.24, 2.45) is 5.73 Å². The molecule has 0 spiro atoms. The molecule has 6 heteroatoms. The average Bonchev–Trinajstić information content (AvgIpc) is 3.03. The fourth-order valence-electron chi connectivity index (χ4n) is 6.30. The van der Waals surface area contributed by atoms with E-state index in [0.29, 0.717) is 17.0 Å². The van der Waals surface area contributed by atoms with Crippen molar-refractivity contribution in [2.75, 3.05) is 18.0 Å². The predicted octanol–water partition coefficient (Wildman–Crippen LogP) is 5.42. The number of aromatic carboxylic acids is 1. The van der Waals surface area contributed by atoms with Crippen LogP contribution in [0.4, 0.5) is 10.1 Å². The van der Waals surface area contributed by atoms with Crippen molar-refractivity contribution in [3.05, 3.63) is 52.8 Å². The summed E-state index contributed by atoms with van der Waals surface area (Å²) in [7, 11) is 0. The summed E-state index contributed by atoms with van der Waals surface area (Å²) in [4.78, 5) is 14.0. The number of carboxylic acid groups (broad SMARTS) is 1. The molecule has 6 rings (SSSR count). The highest BCUT2D eigenvalue weighted by molar-refractivity contribution is 6.00. The topological polar surface area (TPSA) is 71.5 Å². The molecule has 3 N–H and O–H groups in total. The van der Waals surface area contributed by atoms with Crippen LogP contribution in [-0.2, 0) is 6.54 Å². The molecule has 1 saturated carbocycles. The zero-order chi connectivity index (χ0) is 22.0. The van der Waals surface area contributed by atoms with Crippen LogP contribution < -0.4 is 10.6 Å². The third kappa shape index (κ3) is 2.82. The summed E-state index contributed by atoms with van der Waals surface area (Å²) in [5, 5.41) is 10.8. The first-order valence-electron chi connectivity index (χ1n) is 11.8. The lowest BCUT2D eigenvalue weighted by Gasteiger charge is -2.35. The van der Waals surface area contributed by atoms with Gasteiger partial charge >= 0.3 is 5.97 Å². The maximum absolute atomic E-state index is 15.0. The van der Waals surface area contributed by atoms with E-state index in [1.165, 1.54) is 24.8 Å². The molecular weight excluding hydrogens is 405 g/mol. The summed E-state index contributed by atoms with van der Waals surface area (Å²) in [5.41, 5.74) is 12.8. The van der Waals surface area contributed by atoms with Gasteiger partial charge < -0.3 is 20.3 Å². The summed E-state index contributed by atoms with van der Waals surface area (Å²) in [6.45, 7) is 2.31. The van der Waals surface area contributed by atoms with Gasteiger partial charge in [-0.25, -0.2) is 9.18 Å². The summed E-state index contributed by atoms with van der Waals surface area (Å²) in [6, 6.07) is 8.72. The number of nitrogens with zero attached hydrogens (tertiary/aromatic N) is 2. The largest absolute Gasteiger partial charge is 0.478 e. The lowest BCUT2D eigenvalue weighted by molar-refractivity contribution is 0.0697. The molecule has 1 fully saturated rings. The van der Waals surface area contributed by atoms with Crippen LogP contribution in [0.15, 0.2) is 30.3 Å². The summed E-state index contributed by atoms with van der Waals surface area (Å²) in [6.07, 6.45) is 6.70. The van der Waals surface area contributed by atoms with Crippen molar-refractivity contribution in [1.82, 2.24) is 4.57 Å². The van der Waals surface area contributed by atoms with Gasteiger partial charge in [-0.2, -0.15) is 0 Å². The van der Waals surface area contributed by atoms with Gasteiger partial charge in [-0.15, -0.1) is 0 Å². The third-order valence-electron chi connectivity index (χ3n) is 7.77. The molecule has 3 aliphatic rings. The lowest BCUT2D eigenvalue weighted by atomic mass is 9.81. The fraction of sp³-hybridized carbons (Fsp3) is 0.423. The molecule has 5 nitrogen and oxygen atoms in total. The Hall–Kier alpha value is -2.86. The highest BCUT2D eigenvalue weighted by Crippen LogP contribution is 2.50. The van der Waals surface area contributed by atoms with Gasteiger partial charge in [-0.3, -0.25) is 0 Å². The van der Waals surface area contributed by atoms with E-state index in [-0.39, 0.29) is 11.9 Å². The molecule has 1 unspecified atom stereocenters. The van der Waals surface area contributed by atoms with E-state index in [4.69, 9.17) is 5.73 Å². The monoisotopic (exact) mass is 433 g/mol. The van der Waals surface area contributed by atoms with Crippen LogP contribution in [0, 0.1) is 5.82 Å². The minimum absolute atomic E-state index is 0.224. The molecule has 2 aliphatic heterocycles. The summed E-state index contributed by atoms with van der Waals surface area (Å²) in [5.74, 6) is -0.703. The van der Waals surface area contributed by atoms with E-state index >= 15 is 0 Å². The number of carboxylic acids is 1. The molecular formula is C26H28FN3O2. The van der Waals surface area contributed by atoms with Crippen molar-refractivity contribution in [3.63, 3.8) is 0 Å². The van der Waals surface area contributed by atoms with Crippen molar-refractivity contribution in [2.45, 2.75) is 57.0 Å². The highest BCUT2D eigenvalue weighted by Gasteiger charge is 2.35. The Balaban J connectivity index is 1.70. The molecule has 3 heterocycles. The number of aromatic nitrogens is 1. The Kier molecular flexibility index (Phi) is 4.54. The number of benzene rings is 2. The molecule has 1 aliphatic carbocycles. The smallest absolute Gasteiger partial charge is 0.335 e. The van der Waals surface area contributed by atoms with Crippen molar-refractivity contribution in [3.8, 4) is 11.3 Å². The zero-order valence-electron chi connectivity index (χ0n) is 18.1. The van der Waals surface area contributed by atoms with Crippen LogP contribution in [0.2, 0.25) is 0 Å². The Morgan fingerprint density at radius 3 is 2.59 bits per heavy atom. The molecule has 1 aromatic heterocycles. The maximum atomic E-state index is 15.0. The Morgan fingerprint density at radius 1 is 1.00 bits per heavy atom. The predicted molar refractivity (Wildman–Crippen MR) is 124 cm³/mol. The number of halogens is 1. The first kappa shape index (κ1) is 19.8. The second-order valence-electron chi connectivity index (χ2n) is 9.53. The first-order valence-corrected chi connectivity index (χ1v) is 11.8. The van der Waals surface area contributed by atoms with Gasteiger partial charge in [-0.1, -0.05) is 25.3 Å². The molecule has 0 amide bonds. The second kappa shape index (κ2) is 7.34. The Labute approximate surface area is 186 Å². The van der Waals surface area contributed by atoms with Crippen LogP contribution >= 0.6 is 0 Å². The molecule has 3 aromatic rings. The van der Waals surface area contributed by atoms with E-state index in [0.717, 1.165) is 66.7 Å². The molecule has 0 bridgehead atoms. The van der Waals surface area contributed by atoms with E-state index in [9.17, 15) is 14.3 Å². The fourth-order valence-corrected chi connectivity index (χ4v) is 6.30. The number of fused-ring (bicyclic) bond motifs is 4. The number of hydrogen-bond donors (Lipinski definition) is 2. The number of hydrogen-bond acceptors (Lipinski definition) is 3. The van der Waals surface area contributed by atoms with E-state index in [1.54, 1.807) is 12.1 Å². The minimum Gasteiger partial charge on any atom is -0.478 e. The van der Waals surface area contributed by atoms with Gasteiger partial charge in [0.1, 0.15) is 5.82 Å². The van der Waals surface area contributed by atoms with Crippen LogP contribution in [0.25, 0.3) is 22.2 Å². The molecule has 166 valence electrons. The van der Waals surface area contributed by atoms with Gasteiger partial charge in [-0.05, 0) is 55.0 Å². The molecule has 2 aromatic carbocycles. The van der Waals surface area contributed by atoms with Gasteiger partial charge in [0, 0.05) is 47.7 Å². The number of carbonyl (C=O) groups is 1. The van der Waals surface area contributed by atoms with Gasteiger partial charge in [0.05, 0.1) is 16.9 Å². The third-order valence-corrected chi connectivity index (χ3v) is 7.77. The Morgan fingerprint density at radius 2 is 1.81 bits per heavy atom. The summed E-state index contributed by atoms with van der Waals surface area (Å²) >= 11 is 0. The van der Waals surface area contributed by atoms with E-state index < -0.39 is 5.97 Å². The van der Waals surface area contributed by atoms with Crippen molar-refractivity contribution in [1.29, 1.82) is 0 Å². The SMILES string of the molecule is NC1CCN2CCn3c(c(C4CCCCC4)c4ccc(C(=O)O)cc43)-c3ccc(F)c1c32. The maximum Gasteiger partial charge on any atom is 0.335 e. The number of nitrogens with two attached hydrogens (primary N) is 1. The van der Waals surface area contributed by atoms with Crippen LogP contribution in [0.1, 0.15) is 72.0 Å². The van der Waals surface area contributed by atoms with E-state index in [2.05, 4.69) is 9.47 Å². The van der Waals surface area contributed by atoms with Gasteiger partial charge in [0.15, 0.2) is 0 Å². The molecule has 0 saturated heterocycles. The summed E-state index contributed by atoms with van der Waals surface area (Å²) < 4.78 is 17.3. The average molecular weight is 434 g/mol. The molecule has 0 radical (unpaired) electrons.